The van der Waals surface area contributed by atoms with Gasteiger partial charge >= 0.3 is 6.03 Å². The maximum Gasteiger partial charge on any atom is 0.319 e. The molecule has 0 aromatic heterocycles. The predicted molar refractivity (Wildman–Crippen MR) is 115 cm³/mol. The van der Waals surface area contributed by atoms with Gasteiger partial charge in [-0.15, -0.1) is 0 Å². The number of benzene rings is 2. The first-order valence-electron chi connectivity index (χ1n) is 10.3. The quantitative estimate of drug-likeness (QED) is 0.644. The zero-order chi connectivity index (χ0) is 20.6. The number of carbonyl (C=O) groups is 1. The van der Waals surface area contributed by atoms with Gasteiger partial charge in [0.2, 0.25) is 0 Å². The number of amides is 2. The van der Waals surface area contributed by atoms with Gasteiger partial charge in [-0.05, 0) is 37.6 Å². The van der Waals surface area contributed by atoms with Crippen molar-refractivity contribution in [1.82, 2.24) is 10.2 Å². The molecule has 0 bridgehead atoms. The van der Waals surface area contributed by atoms with E-state index in [-0.39, 0.29) is 18.3 Å². The van der Waals surface area contributed by atoms with Crippen molar-refractivity contribution in [3.05, 3.63) is 53.6 Å². The minimum Gasteiger partial charge on any atom is -0.504 e. The lowest BCUT2D eigenvalue weighted by Gasteiger charge is -2.31. The third-order valence-electron chi connectivity index (χ3n) is 5.63. The van der Waals surface area contributed by atoms with Crippen molar-refractivity contribution in [3.63, 3.8) is 0 Å². The van der Waals surface area contributed by atoms with E-state index in [1.54, 1.807) is 18.2 Å². The van der Waals surface area contributed by atoms with Crippen molar-refractivity contribution < 1.29 is 14.6 Å². The lowest BCUT2D eigenvalue weighted by atomic mass is 9.94. The molecule has 0 unspecified atom stereocenters. The molecule has 1 saturated carbocycles. The van der Waals surface area contributed by atoms with Crippen molar-refractivity contribution >= 4 is 11.7 Å². The first-order valence-corrected chi connectivity index (χ1v) is 10.3. The van der Waals surface area contributed by atoms with Crippen LogP contribution >= 0.6 is 0 Å². The Balaban J connectivity index is 1.59. The number of methoxy groups -OCH3 is 1. The van der Waals surface area contributed by atoms with Gasteiger partial charge in [0.15, 0.2) is 11.5 Å². The van der Waals surface area contributed by atoms with Crippen LogP contribution in [0.25, 0.3) is 0 Å². The molecule has 0 heterocycles. The number of nitrogens with one attached hydrogen (secondary N) is 2. The number of ether oxygens (including phenoxy) is 1. The number of nitrogens with zero attached hydrogens (tertiary/aromatic N) is 1. The summed E-state index contributed by atoms with van der Waals surface area (Å²) < 4.78 is 5.11. The summed E-state index contributed by atoms with van der Waals surface area (Å²) in [5.74, 6) is 0.436. The maximum absolute atomic E-state index is 12.4. The molecule has 6 nitrogen and oxygen atoms in total. The Morgan fingerprint density at radius 1 is 1.10 bits per heavy atom. The van der Waals surface area contributed by atoms with Gasteiger partial charge < -0.3 is 20.5 Å². The van der Waals surface area contributed by atoms with Gasteiger partial charge in [-0.25, -0.2) is 4.79 Å². The van der Waals surface area contributed by atoms with Crippen LogP contribution < -0.4 is 15.4 Å². The van der Waals surface area contributed by atoms with Crippen LogP contribution in [0, 0.1) is 0 Å². The molecule has 1 aliphatic carbocycles. The number of urea groups is 1. The first-order chi connectivity index (χ1) is 14.1. The summed E-state index contributed by atoms with van der Waals surface area (Å²) in [6, 6.07) is 13.4. The van der Waals surface area contributed by atoms with E-state index in [4.69, 9.17) is 4.74 Å². The average molecular weight is 398 g/mol. The molecule has 3 rings (SSSR count). The van der Waals surface area contributed by atoms with E-state index in [9.17, 15) is 9.90 Å². The average Bonchev–Trinajstić information content (AvgIpc) is 2.75. The molecule has 6 heteroatoms. The van der Waals surface area contributed by atoms with E-state index < -0.39 is 0 Å². The topological polar surface area (TPSA) is 73.8 Å². The largest absolute Gasteiger partial charge is 0.504 e. The Kier molecular flexibility index (Phi) is 7.36. The first kappa shape index (κ1) is 21.0. The van der Waals surface area contributed by atoms with Gasteiger partial charge in [0, 0.05) is 30.4 Å². The van der Waals surface area contributed by atoms with Gasteiger partial charge in [-0.2, -0.15) is 0 Å². The minimum atomic E-state index is -0.306. The molecule has 29 heavy (non-hydrogen) atoms. The number of hydrogen-bond donors (Lipinski definition) is 3. The monoisotopic (exact) mass is 397 g/mol. The fourth-order valence-electron chi connectivity index (χ4n) is 3.92. The summed E-state index contributed by atoms with van der Waals surface area (Å²) in [6.07, 6.45) is 6.43. The van der Waals surface area contributed by atoms with E-state index in [1.165, 1.54) is 39.2 Å². The molecule has 0 radical (unpaired) electrons. The molecular weight excluding hydrogens is 366 g/mol. The number of aromatic hydroxyl groups is 1. The summed E-state index contributed by atoms with van der Waals surface area (Å²) in [7, 11) is 3.67. The van der Waals surface area contributed by atoms with E-state index in [1.807, 2.05) is 18.2 Å². The molecule has 2 aromatic carbocycles. The van der Waals surface area contributed by atoms with Crippen LogP contribution in [0.2, 0.25) is 0 Å². The maximum atomic E-state index is 12.4. The second kappa shape index (κ2) is 10.2. The van der Waals surface area contributed by atoms with E-state index >= 15 is 0 Å². The lowest BCUT2D eigenvalue weighted by Crippen LogP contribution is -2.33. The number of para-hydroxylation sites is 2. The van der Waals surface area contributed by atoms with Crippen LogP contribution in [0.5, 0.6) is 11.5 Å². The second-order valence-corrected chi connectivity index (χ2v) is 7.64. The van der Waals surface area contributed by atoms with Gasteiger partial charge in [0.25, 0.3) is 0 Å². The van der Waals surface area contributed by atoms with Crippen LogP contribution in [0.4, 0.5) is 10.5 Å². The van der Waals surface area contributed by atoms with Gasteiger partial charge in [-0.3, -0.25) is 4.90 Å². The third-order valence-corrected chi connectivity index (χ3v) is 5.63. The predicted octanol–water partition coefficient (Wildman–Crippen LogP) is 4.49. The van der Waals surface area contributed by atoms with Gasteiger partial charge in [0.1, 0.15) is 0 Å². The summed E-state index contributed by atoms with van der Waals surface area (Å²) in [5.41, 5.74) is 2.51. The van der Waals surface area contributed by atoms with Gasteiger partial charge in [-0.1, -0.05) is 49.6 Å². The highest BCUT2D eigenvalue weighted by Gasteiger charge is 2.19. The number of phenols is 1. The van der Waals surface area contributed by atoms with E-state index in [2.05, 4.69) is 28.6 Å². The zero-order valence-electron chi connectivity index (χ0n) is 17.3. The molecule has 0 saturated heterocycles. The summed E-state index contributed by atoms with van der Waals surface area (Å²) in [5, 5.41) is 15.9. The molecule has 1 fully saturated rings. The Morgan fingerprint density at radius 3 is 2.59 bits per heavy atom. The molecule has 0 atom stereocenters. The van der Waals surface area contributed by atoms with Crippen molar-refractivity contribution in [2.24, 2.45) is 0 Å². The Labute approximate surface area is 172 Å². The molecule has 2 amide bonds. The number of carbonyl (C=O) groups excluding carboxylic acids is 1. The highest BCUT2D eigenvalue weighted by atomic mass is 16.5. The minimum absolute atomic E-state index is 0.0461. The standard InChI is InChI=1S/C23H31N3O3/c1-26(19-11-4-3-5-12-19)16-18-9-6-7-13-20(18)25-23(28)24-15-17-10-8-14-21(29-2)22(17)27/h6-10,13-14,19,27H,3-5,11-12,15-16H2,1-2H3,(H2,24,25,28). The fourth-order valence-corrected chi connectivity index (χ4v) is 3.92. The molecule has 156 valence electrons. The van der Waals surface area contributed by atoms with E-state index in [0.717, 1.165) is 17.8 Å². The van der Waals surface area contributed by atoms with Crippen LogP contribution in [-0.4, -0.2) is 36.2 Å². The lowest BCUT2D eigenvalue weighted by molar-refractivity contribution is 0.185. The Hall–Kier alpha value is -2.73. The van der Waals surface area contributed by atoms with Crippen molar-refractivity contribution in [2.45, 2.75) is 51.2 Å². The van der Waals surface area contributed by atoms with E-state index in [0.29, 0.717) is 17.4 Å². The second-order valence-electron chi connectivity index (χ2n) is 7.64. The summed E-state index contributed by atoms with van der Waals surface area (Å²) >= 11 is 0. The smallest absolute Gasteiger partial charge is 0.319 e. The molecule has 3 N–H and O–H groups in total. The third kappa shape index (κ3) is 5.64. The van der Waals surface area contributed by atoms with Crippen LogP contribution in [0.3, 0.4) is 0 Å². The Morgan fingerprint density at radius 2 is 1.83 bits per heavy atom. The SMILES string of the molecule is COc1cccc(CNC(=O)Nc2ccccc2CN(C)C2CCCCC2)c1O. The van der Waals surface area contributed by atoms with Crippen molar-refractivity contribution in [1.29, 1.82) is 0 Å². The van der Waals surface area contributed by atoms with Crippen molar-refractivity contribution in [3.8, 4) is 11.5 Å². The van der Waals surface area contributed by atoms with Crippen LogP contribution in [0.15, 0.2) is 42.5 Å². The number of phenolic OH excluding ortho intramolecular Hbond substituents is 1. The van der Waals surface area contributed by atoms with Crippen molar-refractivity contribution in [2.75, 3.05) is 19.5 Å². The van der Waals surface area contributed by atoms with Crippen LogP contribution in [-0.2, 0) is 13.1 Å². The molecule has 0 aliphatic heterocycles. The Bertz CT molecular complexity index is 819. The van der Waals surface area contributed by atoms with Crippen LogP contribution in [0.1, 0.15) is 43.2 Å². The summed E-state index contributed by atoms with van der Waals surface area (Å²) in [6.45, 7) is 1.01. The number of hydrogen-bond acceptors (Lipinski definition) is 4. The fraction of sp³-hybridized carbons (Fsp3) is 0.435. The highest BCUT2D eigenvalue weighted by Crippen LogP contribution is 2.29. The highest BCUT2D eigenvalue weighted by molar-refractivity contribution is 5.90. The summed E-state index contributed by atoms with van der Waals surface area (Å²) in [4.78, 5) is 14.8. The zero-order valence-corrected chi connectivity index (χ0v) is 17.3. The molecular formula is C23H31N3O3. The normalized spacial score (nSPS) is 14.6. The number of rotatable bonds is 7. The number of anilines is 1. The molecule has 0 spiro atoms. The molecule has 2 aromatic rings. The molecule has 1 aliphatic rings. The van der Waals surface area contributed by atoms with Gasteiger partial charge in [0.05, 0.1) is 7.11 Å².